The van der Waals surface area contributed by atoms with E-state index < -0.39 is 0 Å². The molecule has 1 saturated heterocycles. The Morgan fingerprint density at radius 1 is 1.19 bits per heavy atom. The van der Waals surface area contributed by atoms with E-state index in [2.05, 4.69) is 35.1 Å². The summed E-state index contributed by atoms with van der Waals surface area (Å²) in [6.07, 6.45) is 4.38. The second-order valence-corrected chi connectivity index (χ2v) is 6.07. The zero-order chi connectivity index (χ0) is 13.7. The zero-order valence-corrected chi connectivity index (χ0v) is 15.1. The lowest BCUT2D eigenvalue weighted by Crippen LogP contribution is -2.45. The van der Waals surface area contributed by atoms with Gasteiger partial charge < -0.3 is 5.32 Å². The Hall–Kier alpha value is -0.0600. The minimum Gasteiger partial charge on any atom is -0.314 e. The maximum Gasteiger partial charge on any atom is 0.129 e. The number of pyridine rings is 1. The summed E-state index contributed by atoms with van der Waals surface area (Å²) >= 11 is 5.89. The van der Waals surface area contributed by atoms with Crippen LogP contribution in [0.5, 0.6) is 0 Å². The maximum absolute atomic E-state index is 5.89. The van der Waals surface area contributed by atoms with Crippen LogP contribution in [0.2, 0.25) is 5.15 Å². The van der Waals surface area contributed by atoms with Gasteiger partial charge in [-0.15, -0.1) is 24.8 Å². The Morgan fingerprint density at radius 3 is 2.38 bits per heavy atom. The lowest BCUT2D eigenvalue weighted by Gasteiger charge is -2.35. The van der Waals surface area contributed by atoms with Crippen molar-refractivity contribution in [2.45, 2.75) is 32.7 Å². The molecule has 2 rings (SSSR count). The van der Waals surface area contributed by atoms with Crippen LogP contribution < -0.4 is 5.32 Å². The van der Waals surface area contributed by atoms with Gasteiger partial charge in [0.15, 0.2) is 0 Å². The Morgan fingerprint density at radius 2 is 1.86 bits per heavy atom. The minimum atomic E-state index is 0. The standard InChI is InChI=1S/C15H24ClN3.2ClH/c1-12(2)3-5-14(19-9-7-17-8-10-19)13-4-6-15(16)18-11-13;;/h4,6,11-12,14,17H,3,5,7-10H2,1-2H3;2*1H/t14-;;/m0../s1. The van der Waals surface area contributed by atoms with E-state index in [0.717, 1.165) is 32.1 Å². The molecule has 0 amide bonds. The summed E-state index contributed by atoms with van der Waals surface area (Å²) in [5, 5.41) is 3.99. The first-order chi connectivity index (χ1) is 9.16. The van der Waals surface area contributed by atoms with Crippen molar-refractivity contribution in [3.63, 3.8) is 0 Å². The molecule has 3 nitrogen and oxygen atoms in total. The molecule has 0 radical (unpaired) electrons. The smallest absolute Gasteiger partial charge is 0.129 e. The van der Waals surface area contributed by atoms with Crippen molar-refractivity contribution >= 4 is 36.4 Å². The Bertz CT molecular complexity index is 378. The number of aromatic nitrogens is 1. The number of hydrogen-bond acceptors (Lipinski definition) is 3. The zero-order valence-electron chi connectivity index (χ0n) is 12.7. The van der Waals surface area contributed by atoms with E-state index in [9.17, 15) is 0 Å². The summed E-state index contributed by atoms with van der Waals surface area (Å²) < 4.78 is 0. The molecule has 1 aliphatic heterocycles. The molecular weight excluding hydrogens is 329 g/mol. The Kier molecular flexibility index (Phi) is 10.6. The quantitative estimate of drug-likeness (QED) is 0.811. The number of nitrogens with one attached hydrogen (secondary N) is 1. The molecule has 122 valence electrons. The third kappa shape index (κ3) is 6.70. The molecule has 0 aromatic carbocycles. The Labute approximate surface area is 145 Å². The van der Waals surface area contributed by atoms with Gasteiger partial charge in [0.1, 0.15) is 5.15 Å². The van der Waals surface area contributed by atoms with Crippen LogP contribution in [-0.2, 0) is 0 Å². The molecule has 0 bridgehead atoms. The maximum atomic E-state index is 5.89. The minimum absolute atomic E-state index is 0. The highest BCUT2D eigenvalue weighted by Gasteiger charge is 2.22. The average Bonchev–Trinajstić information content (AvgIpc) is 2.42. The summed E-state index contributed by atoms with van der Waals surface area (Å²) in [5.74, 6) is 0.741. The largest absolute Gasteiger partial charge is 0.314 e. The summed E-state index contributed by atoms with van der Waals surface area (Å²) in [4.78, 5) is 6.82. The molecule has 2 heterocycles. The van der Waals surface area contributed by atoms with Crippen molar-refractivity contribution in [3.8, 4) is 0 Å². The monoisotopic (exact) mass is 353 g/mol. The van der Waals surface area contributed by atoms with E-state index in [1.807, 2.05) is 12.3 Å². The molecule has 0 aliphatic carbocycles. The average molecular weight is 355 g/mol. The van der Waals surface area contributed by atoms with Gasteiger partial charge in [0.2, 0.25) is 0 Å². The lowest BCUT2D eigenvalue weighted by molar-refractivity contribution is 0.159. The van der Waals surface area contributed by atoms with Crippen LogP contribution in [0.25, 0.3) is 0 Å². The van der Waals surface area contributed by atoms with E-state index in [-0.39, 0.29) is 24.8 Å². The van der Waals surface area contributed by atoms with Gasteiger partial charge in [-0.3, -0.25) is 4.90 Å². The van der Waals surface area contributed by atoms with E-state index in [1.165, 1.54) is 18.4 Å². The summed E-state index contributed by atoms with van der Waals surface area (Å²) in [5.41, 5.74) is 1.30. The SMILES string of the molecule is CC(C)CC[C@@H](c1ccc(Cl)nc1)N1CCNCC1.Cl.Cl. The highest BCUT2D eigenvalue weighted by molar-refractivity contribution is 6.29. The van der Waals surface area contributed by atoms with E-state index >= 15 is 0 Å². The van der Waals surface area contributed by atoms with E-state index in [0.29, 0.717) is 11.2 Å². The van der Waals surface area contributed by atoms with Crippen LogP contribution >= 0.6 is 36.4 Å². The second kappa shape index (κ2) is 10.6. The molecular formula is C15H26Cl3N3. The lowest BCUT2D eigenvalue weighted by atomic mass is 9.97. The van der Waals surface area contributed by atoms with Crippen LogP contribution in [0.1, 0.15) is 38.3 Å². The fraction of sp³-hybridized carbons (Fsp3) is 0.667. The molecule has 1 fully saturated rings. The van der Waals surface area contributed by atoms with E-state index in [1.54, 1.807) is 0 Å². The first-order valence-electron chi connectivity index (χ1n) is 7.23. The number of piperazine rings is 1. The number of hydrogen-bond donors (Lipinski definition) is 1. The van der Waals surface area contributed by atoms with Gasteiger partial charge in [-0.1, -0.05) is 31.5 Å². The summed E-state index contributed by atoms with van der Waals surface area (Å²) in [6.45, 7) is 8.97. The summed E-state index contributed by atoms with van der Waals surface area (Å²) in [6, 6.07) is 4.51. The first kappa shape index (κ1) is 20.9. The van der Waals surface area contributed by atoms with Crippen molar-refractivity contribution in [2.75, 3.05) is 26.2 Å². The second-order valence-electron chi connectivity index (χ2n) is 5.69. The molecule has 1 N–H and O–H groups in total. The number of halogens is 3. The van der Waals surface area contributed by atoms with Crippen LogP contribution in [0.4, 0.5) is 0 Å². The van der Waals surface area contributed by atoms with Crippen molar-refractivity contribution in [1.29, 1.82) is 0 Å². The van der Waals surface area contributed by atoms with Crippen molar-refractivity contribution in [2.24, 2.45) is 5.92 Å². The molecule has 0 unspecified atom stereocenters. The van der Waals surface area contributed by atoms with Gasteiger partial charge >= 0.3 is 0 Å². The fourth-order valence-corrected chi connectivity index (χ4v) is 2.74. The van der Waals surface area contributed by atoms with Gasteiger partial charge in [0.05, 0.1) is 0 Å². The third-order valence-electron chi connectivity index (χ3n) is 3.74. The molecule has 1 aromatic rings. The molecule has 0 spiro atoms. The van der Waals surface area contributed by atoms with Gasteiger partial charge in [0, 0.05) is 38.4 Å². The van der Waals surface area contributed by atoms with Gasteiger partial charge in [-0.25, -0.2) is 4.98 Å². The van der Waals surface area contributed by atoms with Crippen LogP contribution in [0.3, 0.4) is 0 Å². The van der Waals surface area contributed by atoms with Crippen molar-refractivity contribution in [3.05, 3.63) is 29.0 Å². The molecule has 21 heavy (non-hydrogen) atoms. The topological polar surface area (TPSA) is 28.2 Å². The highest BCUT2D eigenvalue weighted by atomic mass is 35.5. The highest BCUT2D eigenvalue weighted by Crippen LogP contribution is 2.27. The summed E-state index contributed by atoms with van der Waals surface area (Å²) in [7, 11) is 0. The van der Waals surface area contributed by atoms with Crippen molar-refractivity contribution in [1.82, 2.24) is 15.2 Å². The molecule has 1 atom stereocenters. The third-order valence-corrected chi connectivity index (χ3v) is 3.97. The van der Waals surface area contributed by atoms with Gasteiger partial charge in [0.25, 0.3) is 0 Å². The molecule has 6 heteroatoms. The van der Waals surface area contributed by atoms with E-state index in [4.69, 9.17) is 11.6 Å². The molecule has 1 aliphatic rings. The number of nitrogens with zero attached hydrogens (tertiary/aromatic N) is 2. The van der Waals surface area contributed by atoms with Crippen LogP contribution in [0, 0.1) is 5.92 Å². The first-order valence-corrected chi connectivity index (χ1v) is 7.61. The molecule has 0 saturated carbocycles. The predicted molar refractivity (Wildman–Crippen MR) is 95.0 cm³/mol. The number of rotatable bonds is 5. The van der Waals surface area contributed by atoms with Crippen molar-refractivity contribution < 1.29 is 0 Å². The van der Waals surface area contributed by atoms with Crippen LogP contribution in [-0.4, -0.2) is 36.1 Å². The fourth-order valence-electron chi connectivity index (χ4n) is 2.63. The molecule has 1 aromatic heterocycles. The normalized spacial score (nSPS) is 17.0. The Balaban J connectivity index is 0.00000200. The van der Waals surface area contributed by atoms with Crippen LogP contribution in [0.15, 0.2) is 18.3 Å². The van der Waals surface area contributed by atoms with Gasteiger partial charge in [-0.2, -0.15) is 0 Å². The van der Waals surface area contributed by atoms with Gasteiger partial charge in [-0.05, 0) is 30.4 Å². The predicted octanol–water partition coefficient (Wildman–Crippen LogP) is 3.96.